The second-order valence-electron chi connectivity index (χ2n) is 7.86. The van der Waals surface area contributed by atoms with Gasteiger partial charge in [-0.15, -0.1) is 0 Å². The van der Waals surface area contributed by atoms with Gasteiger partial charge in [-0.3, -0.25) is 14.4 Å². The number of carbonyl (C=O) groups is 3. The van der Waals surface area contributed by atoms with Crippen LogP contribution in [0.2, 0.25) is 0 Å². The number of carbonyl (C=O) groups excluding carboxylic acids is 3. The molecule has 0 saturated heterocycles. The van der Waals surface area contributed by atoms with Gasteiger partial charge in [0.1, 0.15) is 5.78 Å². The Morgan fingerprint density at radius 2 is 1.20 bits per heavy atom. The van der Waals surface area contributed by atoms with E-state index in [1.807, 2.05) is 27.7 Å². The molecule has 1 N–H and O–H groups in total. The van der Waals surface area contributed by atoms with Gasteiger partial charge in [0.15, 0.2) is 5.78 Å². The Bertz CT molecular complexity index is 389. The summed E-state index contributed by atoms with van der Waals surface area (Å²) >= 11 is 0. The number of amides is 1. The smallest absolute Gasteiger partial charge is 0.220 e. The molecule has 25 heavy (non-hydrogen) atoms. The average molecular weight is 354 g/mol. The minimum atomic E-state index is -0.00748. The number of hydrogen-bond acceptors (Lipinski definition) is 3. The number of Topliss-reactive ketones (excluding diaryl/α,β-unsaturated/α-hetero) is 2. The number of rotatable bonds is 16. The van der Waals surface area contributed by atoms with Gasteiger partial charge < -0.3 is 5.32 Å². The van der Waals surface area contributed by atoms with Gasteiger partial charge in [-0.1, -0.05) is 66.2 Å². The zero-order valence-electron chi connectivity index (χ0n) is 16.9. The zero-order valence-corrected chi connectivity index (χ0v) is 16.9. The fourth-order valence-electron chi connectivity index (χ4n) is 2.75. The first-order chi connectivity index (χ1) is 11.8. The zero-order chi connectivity index (χ0) is 19.1. The first-order valence-electron chi connectivity index (χ1n) is 10.1. The second kappa shape index (κ2) is 15.1. The van der Waals surface area contributed by atoms with Gasteiger partial charge in [0.05, 0.1) is 6.54 Å². The summed E-state index contributed by atoms with van der Waals surface area (Å²) in [5.41, 5.74) is 0. The van der Waals surface area contributed by atoms with E-state index in [4.69, 9.17) is 0 Å². The van der Waals surface area contributed by atoms with Crippen LogP contribution in [0.4, 0.5) is 0 Å². The van der Waals surface area contributed by atoms with Crippen LogP contribution in [0.5, 0.6) is 0 Å². The number of hydrogen-bond donors (Lipinski definition) is 1. The third-order valence-corrected chi connectivity index (χ3v) is 4.34. The average Bonchev–Trinajstić information content (AvgIpc) is 2.53. The van der Waals surface area contributed by atoms with E-state index in [1.54, 1.807) is 0 Å². The topological polar surface area (TPSA) is 63.2 Å². The Kier molecular flexibility index (Phi) is 14.4. The normalized spacial score (nSPS) is 11.1. The minimum Gasteiger partial charge on any atom is -0.349 e. The molecule has 0 aliphatic rings. The maximum atomic E-state index is 11.7. The molecule has 4 nitrogen and oxygen atoms in total. The Labute approximate surface area is 154 Å². The van der Waals surface area contributed by atoms with Crippen LogP contribution in [-0.2, 0) is 14.4 Å². The van der Waals surface area contributed by atoms with E-state index in [2.05, 4.69) is 5.32 Å². The standard InChI is InChI=1S/C21H39NO3/c1-17(2)15-19(23)16-22-21(25)14-12-10-8-6-5-7-9-11-13-20(24)18(3)4/h17-18H,5-16H2,1-4H3,(H,22,25). The molecule has 4 heteroatoms. The highest BCUT2D eigenvalue weighted by Crippen LogP contribution is 2.12. The van der Waals surface area contributed by atoms with Crippen molar-refractivity contribution < 1.29 is 14.4 Å². The highest BCUT2D eigenvalue weighted by Gasteiger charge is 2.08. The molecule has 0 unspecified atom stereocenters. The van der Waals surface area contributed by atoms with E-state index < -0.39 is 0 Å². The summed E-state index contributed by atoms with van der Waals surface area (Å²) in [5, 5.41) is 2.71. The molecule has 0 rings (SSSR count). The largest absolute Gasteiger partial charge is 0.349 e. The highest BCUT2D eigenvalue weighted by atomic mass is 16.2. The van der Waals surface area contributed by atoms with Crippen LogP contribution in [0.3, 0.4) is 0 Å². The lowest BCUT2D eigenvalue weighted by Crippen LogP contribution is -2.29. The van der Waals surface area contributed by atoms with Gasteiger partial charge in [-0.2, -0.15) is 0 Å². The van der Waals surface area contributed by atoms with E-state index in [-0.39, 0.29) is 24.2 Å². The van der Waals surface area contributed by atoms with E-state index >= 15 is 0 Å². The van der Waals surface area contributed by atoms with Crippen LogP contribution >= 0.6 is 0 Å². The molecule has 0 atom stereocenters. The van der Waals surface area contributed by atoms with Crippen molar-refractivity contribution in [3.63, 3.8) is 0 Å². The third-order valence-electron chi connectivity index (χ3n) is 4.34. The van der Waals surface area contributed by atoms with Crippen LogP contribution in [0.25, 0.3) is 0 Å². The van der Waals surface area contributed by atoms with Gasteiger partial charge in [0, 0.05) is 25.2 Å². The lowest BCUT2D eigenvalue weighted by molar-refractivity contribution is -0.125. The van der Waals surface area contributed by atoms with Crippen molar-refractivity contribution in [3.8, 4) is 0 Å². The van der Waals surface area contributed by atoms with Crippen molar-refractivity contribution in [2.75, 3.05) is 6.54 Å². The number of unbranched alkanes of at least 4 members (excludes halogenated alkanes) is 7. The quantitative estimate of drug-likeness (QED) is 0.404. The van der Waals surface area contributed by atoms with E-state index in [9.17, 15) is 14.4 Å². The Morgan fingerprint density at radius 1 is 0.720 bits per heavy atom. The van der Waals surface area contributed by atoms with Crippen LogP contribution in [0, 0.1) is 11.8 Å². The molecule has 0 aliphatic carbocycles. The Morgan fingerprint density at radius 3 is 1.68 bits per heavy atom. The minimum absolute atomic E-state index is 0.00748. The summed E-state index contributed by atoms with van der Waals surface area (Å²) in [4.78, 5) is 34.7. The third kappa shape index (κ3) is 16.0. The molecule has 0 heterocycles. The van der Waals surface area contributed by atoms with Gasteiger partial charge in [-0.25, -0.2) is 0 Å². The van der Waals surface area contributed by atoms with Crippen molar-refractivity contribution in [2.24, 2.45) is 11.8 Å². The van der Waals surface area contributed by atoms with Crippen molar-refractivity contribution in [3.05, 3.63) is 0 Å². The molecule has 0 bridgehead atoms. The van der Waals surface area contributed by atoms with Crippen molar-refractivity contribution in [2.45, 2.75) is 98.3 Å². The van der Waals surface area contributed by atoms with Gasteiger partial charge >= 0.3 is 0 Å². The van der Waals surface area contributed by atoms with E-state index in [0.29, 0.717) is 24.5 Å². The maximum absolute atomic E-state index is 11.7. The molecule has 0 aliphatic heterocycles. The van der Waals surface area contributed by atoms with Gasteiger partial charge in [-0.05, 0) is 18.8 Å². The van der Waals surface area contributed by atoms with Crippen molar-refractivity contribution in [1.82, 2.24) is 5.32 Å². The fourth-order valence-corrected chi connectivity index (χ4v) is 2.75. The predicted octanol–water partition coefficient (Wildman–Crippen LogP) is 4.84. The summed E-state index contributed by atoms with van der Waals surface area (Å²) in [7, 11) is 0. The van der Waals surface area contributed by atoms with Gasteiger partial charge in [0.25, 0.3) is 0 Å². The first-order valence-corrected chi connectivity index (χ1v) is 10.1. The van der Waals surface area contributed by atoms with Crippen molar-refractivity contribution in [1.29, 1.82) is 0 Å². The summed E-state index contributed by atoms with van der Waals surface area (Å²) in [6.07, 6.45) is 10.7. The van der Waals surface area contributed by atoms with Crippen molar-refractivity contribution >= 4 is 17.5 Å². The fraction of sp³-hybridized carbons (Fsp3) is 0.857. The predicted molar refractivity (Wildman–Crippen MR) is 103 cm³/mol. The molecule has 0 aromatic carbocycles. The monoisotopic (exact) mass is 353 g/mol. The summed E-state index contributed by atoms with van der Waals surface area (Å²) in [6.45, 7) is 8.12. The Hall–Kier alpha value is -1.19. The molecule has 0 radical (unpaired) electrons. The number of nitrogens with one attached hydrogen (secondary N) is 1. The first kappa shape index (κ1) is 23.8. The molecule has 0 fully saturated rings. The lowest BCUT2D eigenvalue weighted by atomic mass is 10.0. The summed E-state index contributed by atoms with van der Waals surface area (Å²) in [6, 6.07) is 0. The number of ketones is 2. The molecule has 0 spiro atoms. The Balaban J connectivity index is 3.36. The molecule has 0 saturated carbocycles. The summed E-state index contributed by atoms with van der Waals surface area (Å²) in [5.74, 6) is 1.00. The second-order valence-corrected chi connectivity index (χ2v) is 7.86. The SMILES string of the molecule is CC(C)CC(=O)CNC(=O)CCCCCCCCCCC(=O)C(C)C. The van der Waals surface area contributed by atoms with Crippen LogP contribution < -0.4 is 5.32 Å². The van der Waals surface area contributed by atoms with E-state index in [0.717, 1.165) is 38.5 Å². The molecule has 1 amide bonds. The molecular weight excluding hydrogens is 314 g/mol. The molecule has 0 aromatic heterocycles. The van der Waals surface area contributed by atoms with E-state index in [1.165, 1.54) is 19.3 Å². The van der Waals surface area contributed by atoms with Gasteiger partial charge in [0.2, 0.25) is 5.91 Å². The molecule has 146 valence electrons. The highest BCUT2D eigenvalue weighted by molar-refractivity contribution is 5.86. The molecular formula is C21H39NO3. The van der Waals surface area contributed by atoms with Crippen LogP contribution in [0.15, 0.2) is 0 Å². The maximum Gasteiger partial charge on any atom is 0.220 e. The van der Waals surface area contributed by atoms with Crippen LogP contribution in [0.1, 0.15) is 98.3 Å². The summed E-state index contributed by atoms with van der Waals surface area (Å²) < 4.78 is 0. The molecule has 0 aromatic rings. The lowest BCUT2D eigenvalue weighted by Gasteiger charge is -2.06. The van der Waals surface area contributed by atoms with Crippen LogP contribution in [-0.4, -0.2) is 24.0 Å².